The van der Waals surface area contributed by atoms with E-state index in [1.165, 1.54) is 17.7 Å². The lowest BCUT2D eigenvalue weighted by atomic mass is 10.4. The molecule has 1 rings (SSSR count). The summed E-state index contributed by atoms with van der Waals surface area (Å²) in [5, 5.41) is 6.10. The normalized spacial score (nSPS) is 11.6. The Morgan fingerprint density at radius 3 is 2.71 bits per heavy atom. The molecule has 1 amide bonds. The third-order valence-electron chi connectivity index (χ3n) is 2.47. The first-order valence-electron chi connectivity index (χ1n) is 6.30. The van der Waals surface area contributed by atoms with Crippen molar-refractivity contribution in [3.63, 3.8) is 0 Å². The van der Waals surface area contributed by atoms with E-state index >= 15 is 0 Å². The Bertz CT molecular complexity index is 553. The molecule has 0 radical (unpaired) electrons. The molecular weight excluding hydrogens is 284 g/mol. The molecule has 0 aliphatic carbocycles. The summed E-state index contributed by atoms with van der Waals surface area (Å²) in [4.78, 5) is 22.9. The van der Waals surface area contributed by atoms with Crippen LogP contribution in [-0.2, 0) is 20.9 Å². The van der Waals surface area contributed by atoms with Crippen molar-refractivity contribution in [2.24, 2.45) is 0 Å². The van der Waals surface area contributed by atoms with E-state index in [4.69, 9.17) is 4.74 Å². The van der Waals surface area contributed by atoms with Crippen molar-refractivity contribution < 1.29 is 23.1 Å². The molecular formula is C13H17F2N3O3. The van der Waals surface area contributed by atoms with E-state index in [1.807, 2.05) is 0 Å². The summed E-state index contributed by atoms with van der Waals surface area (Å²) in [6.07, 6.45) is -1.54. The second-order valence-electron chi connectivity index (χ2n) is 4.30. The SMILES string of the molecule is CCOC(=O)/C=C(\C)NC(=O)Cn1nc(C(F)F)cc1C. The number of esters is 1. The van der Waals surface area contributed by atoms with Crippen LogP contribution < -0.4 is 5.32 Å². The van der Waals surface area contributed by atoms with Crippen molar-refractivity contribution in [3.8, 4) is 0 Å². The van der Waals surface area contributed by atoms with Crippen molar-refractivity contribution in [3.05, 3.63) is 29.2 Å². The highest BCUT2D eigenvalue weighted by molar-refractivity contribution is 5.84. The van der Waals surface area contributed by atoms with Crippen molar-refractivity contribution in [1.82, 2.24) is 15.1 Å². The number of hydrogen-bond acceptors (Lipinski definition) is 4. The number of carbonyl (C=O) groups is 2. The first kappa shape index (κ1) is 16.8. The number of ether oxygens (including phenoxy) is 1. The number of alkyl halides is 2. The van der Waals surface area contributed by atoms with Crippen LogP contribution >= 0.6 is 0 Å². The smallest absolute Gasteiger partial charge is 0.332 e. The number of halogens is 2. The molecule has 21 heavy (non-hydrogen) atoms. The molecule has 116 valence electrons. The highest BCUT2D eigenvalue weighted by atomic mass is 19.3. The number of nitrogens with one attached hydrogen (secondary N) is 1. The Hall–Kier alpha value is -2.25. The topological polar surface area (TPSA) is 73.2 Å². The second-order valence-corrected chi connectivity index (χ2v) is 4.30. The molecule has 0 bridgehead atoms. The van der Waals surface area contributed by atoms with Gasteiger partial charge in [0, 0.05) is 17.5 Å². The third-order valence-corrected chi connectivity index (χ3v) is 2.47. The predicted molar refractivity (Wildman–Crippen MR) is 70.5 cm³/mol. The fourth-order valence-electron chi connectivity index (χ4n) is 1.59. The Balaban J connectivity index is 2.63. The van der Waals surface area contributed by atoms with Gasteiger partial charge in [0.2, 0.25) is 5.91 Å². The van der Waals surface area contributed by atoms with E-state index in [1.54, 1.807) is 13.8 Å². The molecule has 1 heterocycles. The summed E-state index contributed by atoms with van der Waals surface area (Å²) < 4.78 is 30.8. The van der Waals surface area contributed by atoms with E-state index in [-0.39, 0.29) is 18.8 Å². The number of amides is 1. The molecule has 0 aliphatic rings. The zero-order valence-corrected chi connectivity index (χ0v) is 12.0. The Morgan fingerprint density at radius 2 is 2.19 bits per heavy atom. The molecule has 1 N–H and O–H groups in total. The first-order valence-corrected chi connectivity index (χ1v) is 6.30. The maximum absolute atomic E-state index is 12.5. The van der Waals surface area contributed by atoms with Gasteiger partial charge in [0.05, 0.1) is 6.61 Å². The standard InChI is InChI=1S/C13H17F2N3O3/c1-4-21-12(20)5-8(2)16-11(19)7-18-9(3)6-10(17-18)13(14)15/h5-6,13H,4,7H2,1-3H3,(H,16,19)/b8-5+. The minimum absolute atomic E-state index is 0.216. The second kappa shape index (κ2) is 7.51. The van der Waals surface area contributed by atoms with Crippen LogP contribution in [0, 0.1) is 6.92 Å². The van der Waals surface area contributed by atoms with Crippen LogP contribution in [0.1, 0.15) is 31.7 Å². The average molecular weight is 301 g/mol. The molecule has 0 spiro atoms. The number of nitrogens with zero attached hydrogens (tertiary/aromatic N) is 2. The van der Waals surface area contributed by atoms with Gasteiger partial charge in [0.15, 0.2) is 0 Å². The van der Waals surface area contributed by atoms with Gasteiger partial charge in [-0.1, -0.05) is 0 Å². The van der Waals surface area contributed by atoms with Crippen LogP contribution in [0.15, 0.2) is 17.8 Å². The maximum Gasteiger partial charge on any atom is 0.332 e. The Kier molecular flexibility index (Phi) is 6.01. The molecule has 0 saturated heterocycles. The van der Waals surface area contributed by atoms with Gasteiger partial charge in [-0.2, -0.15) is 5.10 Å². The van der Waals surface area contributed by atoms with Crippen LogP contribution in [0.4, 0.5) is 8.78 Å². The van der Waals surface area contributed by atoms with Crippen molar-refractivity contribution >= 4 is 11.9 Å². The van der Waals surface area contributed by atoms with E-state index in [2.05, 4.69) is 10.4 Å². The highest BCUT2D eigenvalue weighted by Gasteiger charge is 2.15. The minimum Gasteiger partial charge on any atom is -0.463 e. The fraction of sp³-hybridized carbons (Fsp3) is 0.462. The fourth-order valence-corrected chi connectivity index (χ4v) is 1.59. The molecule has 0 saturated carbocycles. The molecule has 6 nitrogen and oxygen atoms in total. The summed E-state index contributed by atoms with van der Waals surface area (Å²) in [5.74, 6) is -1.04. The number of hydrogen-bond donors (Lipinski definition) is 1. The largest absolute Gasteiger partial charge is 0.463 e. The summed E-state index contributed by atoms with van der Waals surface area (Å²) >= 11 is 0. The summed E-state index contributed by atoms with van der Waals surface area (Å²) in [5.41, 5.74) is 0.379. The third kappa shape index (κ3) is 5.33. The minimum atomic E-state index is -2.68. The van der Waals surface area contributed by atoms with Gasteiger partial charge in [0.25, 0.3) is 6.43 Å². The van der Waals surface area contributed by atoms with Gasteiger partial charge in [0.1, 0.15) is 12.2 Å². The Labute approximate surface area is 120 Å². The lowest BCUT2D eigenvalue weighted by molar-refractivity contribution is -0.137. The summed E-state index contributed by atoms with van der Waals surface area (Å²) in [6.45, 7) is 4.79. The summed E-state index contributed by atoms with van der Waals surface area (Å²) in [6, 6.07) is 1.22. The van der Waals surface area contributed by atoms with Gasteiger partial charge in [-0.15, -0.1) is 0 Å². The quantitative estimate of drug-likeness (QED) is 0.641. The van der Waals surface area contributed by atoms with Crippen molar-refractivity contribution in [2.45, 2.75) is 33.7 Å². The zero-order chi connectivity index (χ0) is 16.0. The lowest BCUT2D eigenvalue weighted by Crippen LogP contribution is -2.27. The van der Waals surface area contributed by atoms with Crippen LogP contribution in [0.2, 0.25) is 0 Å². The molecule has 1 aromatic heterocycles. The lowest BCUT2D eigenvalue weighted by Gasteiger charge is -2.07. The van der Waals surface area contributed by atoms with Crippen LogP contribution in [0.5, 0.6) is 0 Å². The maximum atomic E-state index is 12.5. The number of aromatic nitrogens is 2. The molecule has 0 aromatic carbocycles. The van der Waals surface area contributed by atoms with E-state index < -0.39 is 18.3 Å². The number of allylic oxidation sites excluding steroid dienone is 1. The van der Waals surface area contributed by atoms with E-state index in [0.717, 1.165) is 6.08 Å². The zero-order valence-electron chi connectivity index (χ0n) is 12.0. The molecule has 1 aromatic rings. The van der Waals surface area contributed by atoms with Crippen LogP contribution in [-0.4, -0.2) is 28.3 Å². The van der Waals surface area contributed by atoms with Gasteiger partial charge in [-0.25, -0.2) is 13.6 Å². The van der Waals surface area contributed by atoms with Gasteiger partial charge in [-0.3, -0.25) is 9.48 Å². The number of rotatable bonds is 6. The molecule has 0 unspecified atom stereocenters. The van der Waals surface area contributed by atoms with Crippen LogP contribution in [0.3, 0.4) is 0 Å². The highest BCUT2D eigenvalue weighted by Crippen LogP contribution is 2.17. The molecule has 0 fully saturated rings. The average Bonchev–Trinajstić information content (AvgIpc) is 2.70. The monoisotopic (exact) mass is 301 g/mol. The van der Waals surface area contributed by atoms with Gasteiger partial charge in [-0.05, 0) is 26.8 Å². The molecule has 8 heteroatoms. The Morgan fingerprint density at radius 1 is 1.52 bits per heavy atom. The summed E-state index contributed by atoms with van der Waals surface area (Å²) in [7, 11) is 0. The van der Waals surface area contributed by atoms with Crippen molar-refractivity contribution in [1.29, 1.82) is 0 Å². The molecule has 0 atom stereocenters. The van der Waals surface area contributed by atoms with E-state index in [9.17, 15) is 18.4 Å². The first-order chi connectivity index (χ1) is 9.83. The van der Waals surface area contributed by atoms with Crippen molar-refractivity contribution in [2.75, 3.05) is 6.61 Å². The van der Waals surface area contributed by atoms with Gasteiger partial charge >= 0.3 is 5.97 Å². The predicted octanol–water partition coefficient (Wildman–Crippen LogP) is 1.71. The van der Waals surface area contributed by atoms with Gasteiger partial charge < -0.3 is 10.1 Å². The van der Waals surface area contributed by atoms with E-state index in [0.29, 0.717) is 11.4 Å². The van der Waals surface area contributed by atoms with Crippen LogP contribution in [0.25, 0.3) is 0 Å². The molecule has 0 aliphatic heterocycles. The number of carbonyl (C=O) groups excluding carboxylic acids is 2. The number of aryl methyl sites for hydroxylation is 1.